The second-order valence-electron chi connectivity index (χ2n) is 13.2. The average Bonchev–Trinajstić information content (AvgIpc) is 3.12. The predicted octanol–water partition coefficient (Wildman–Crippen LogP) is 6.49. The Bertz CT molecular complexity index is 1430. The zero-order valence-corrected chi connectivity index (χ0v) is 30.1. The van der Waals surface area contributed by atoms with Crippen molar-refractivity contribution in [3.8, 4) is 0 Å². The van der Waals surface area contributed by atoms with E-state index in [0.717, 1.165) is 55.9 Å². The quantitative estimate of drug-likeness (QED) is 0.185. The average molecular weight is 660 g/mol. The van der Waals surface area contributed by atoms with Gasteiger partial charge in [-0.05, 0) is 77.2 Å². The van der Waals surface area contributed by atoms with Gasteiger partial charge in [0.05, 0.1) is 37.0 Å². The first-order valence-corrected chi connectivity index (χ1v) is 18.0. The van der Waals surface area contributed by atoms with Crippen LogP contribution in [0, 0.1) is 6.92 Å². The van der Waals surface area contributed by atoms with E-state index in [1.54, 1.807) is 11.8 Å². The summed E-state index contributed by atoms with van der Waals surface area (Å²) in [5, 5.41) is 3.35. The van der Waals surface area contributed by atoms with Crippen LogP contribution in [0.15, 0.2) is 77.7 Å². The first-order valence-electron chi connectivity index (χ1n) is 16.7. The number of ketones is 2. The van der Waals surface area contributed by atoms with E-state index in [2.05, 4.69) is 53.2 Å². The maximum Gasteiger partial charge on any atom is 0.183 e. The zero-order chi connectivity index (χ0) is 34.0. The number of rotatable bonds is 11. The number of hydrogen-bond acceptors (Lipinski definition) is 8. The summed E-state index contributed by atoms with van der Waals surface area (Å²) >= 11 is 1.69. The maximum absolute atomic E-state index is 13.6. The highest BCUT2D eigenvalue weighted by molar-refractivity contribution is 7.98. The van der Waals surface area contributed by atoms with E-state index >= 15 is 0 Å². The molecule has 3 aromatic rings. The summed E-state index contributed by atoms with van der Waals surface area (Å²) in [4.78, 5) is 31.8. The van der Waals surface area contributed by atoms with Crippen LogP contribution in [-0.2, 0) is 15.9 Å². The van der Waals surface area contributed by atoms with Gasteiger partial charge in [0, 0.05) is 42.2 Å². The molecular formula is C39H53N3O4S. The Morgan fingerprint density at radius 1 is 0.894 bits per heavy atom. The number of nitrogens with one attached hydrogen (secondary N) is 1. The van der Waals surface area contributed by atoms with Crippen molar-refractivity contribution in [3.05, 3.63) is 101 Å². The fourth-order valence-corrected chi connectivity index (χ4v) is 6.75. The fraction of sp³-hybridized carbons (Fsp3) is 0.487. The smallest absolute Gasteiger partial charge is 0.183 e. The topological polar surface area (TPSA) is 71.1 Å². The van der Waals surface area contributed by atoms with Gasteiger partial charge in [-0.3, -0.25) is 19.4 Å². The number of morpholine rings is 2. The van der Waals surface area contributed by atoms with Crippen LogP contribution < -0.4 is 5.32 Å². The number of likely N-dealkylation sites (N-methyl/N-ethyl adjacent to an activating group) is 1. The molecule has 2 aliphatic rings. The van der Waals surface area contributed by atoms with Gasteiger partial charge in [0.25, 0.3) is 0 Å². The number of carbonyl (C=O) groups is 2. The Labute approximate surface area is 286 Å². The molecule has 2 saturated heterocycles. The van der Waals surface area contributed by atoms with Gasteiger partial charge < -0.3 is 14.8 Å². The Balaban J connectivity index is 0.000000229. The lowest BCUT2D eigenvalue weighted by Gasteiger charge is -2.39. The van der Waals surface area contributed by atoms with Gasteiger partial charge in [-0.1, -0.05) is 73.2 Å². The second kappa shape index (κ2) is 17.0. The third kappa shape index (κ3) is 9.19. The number of aryl methyl sites for hydroxylation is 1. The fourth-order valence-electron chi connectivity index (χ4n) is 6.35. The van der Waals surface area contributed by atoms with Crippen molar-refractivity contribution < 1.29 is 19.1 Å². The summed E-state index contributed by atoms with van der Waals surface area (Å²) in [7, 11) is 4.01. The molecule has 3 aromatic carbocycles. The first kappa shape index (κ1) is 37.0. The SMILES string of the molecule is CCC(Cc1ccc(C)cc1)(C(=O)c1ccc(C2CNCCO2)cc1)N(C)C.CSc1ccc(C(=O)C(C)(C)N2CCOCC2)cc1. The molecule has 0 aliphatic carbocycles. The molecular weight excluding hydrogens is 607 g/mol. The molecule has 0 amide bonds. The molecule has 0 saturated carbocycles. The molecule has 254 valence electrons. The molecule has 2 fully saturated rings. The largest absolute Gasteiger partial charge is 0.379 e. The van der Waals surface area contributed by atoms with Gasteiger partial charge >= 0.3 is 0 Å². The van der Waals surface area contributed by atoms with Crippen LogP contribution in [0.5, 0.6) is 0 Å². The molecule has 2 heterocycles. The van der Waals surface area contributed by atoms with Gasteiger partial charge in [0.2, 0.25) is 0 Å². The number of benzene rings is 3. The molecule has 2 atom stereocenters. The van der Waals surface area contributed by atoms with Crippen molar-refractivity contribution in [2.75, 3.05) is 66.4 Å². The minimum Gasteiger partial charge on any atom is -0.379 e. The van der Waals surface area contributed by atoms with Crippen LogP contribution in [0.3, 0.4) is 0 Å². The summed E-state index contributed by atoms with van der Waals surface area (Å²) in [6, 6.07) is 24.3. The van der Waals surface area contributed by atoms with Crippen LogP contribution in [0.2, 0.25) is 0 Å². The molecule has 47 heavy (non-hydrogen) atoms. The van der Waals surface area contributed by atoms with Crippen molar-refractivity contribution >= 4 is 23.3 Å². The standard InChI is InChI=1S/C24H32N2O2.C15H21NO2S/c1-5-24(26(3)4,16-19-8-6-18(2)7-9-19)23(27)21-12-10-20(11-13-21)22-17-25-14-15-28-22;1-15(2,16-8-10-18-11-9-16)14(17)12-4-6-13(19-3)7-5-12/h6-13,22,25H,5,14-17H2,1-4H3;4-7H,8-11H2,1-3H3. The number of thioether (sulfide) groups is 1. The normalized spacial score (nSPS) is 18.6. The number of hydrogen-bond donors (Lipinski definition) is 1. The van der Waals surface area contributed by atoms with E-state index in [1.165, 1.54) is 16.0 Å². The highest BCUT2D eigenvalue weighted by atomic mass is 32.2. The molecule has 2 aliphatic heterocycles. The molecule has 0 aromatic heterocycles. The van der Waals surface area contributed by atoms with E-state index in [9.17, 15) is 9.59 Å². The Kier molecular flexibility index (Phi) is 13.4. The molecule has 2 unspecified atom stereocenters. The van der Waals surface area contributed by atoms with Crippen LogP contribution in [-0.4, -0.2) is 98.8 Å². The van der Waals surface area contributed by atoms with Gasteiger partial charge in [0.15, 0.2) is 11.6 Å². The second-order valence-corrected chi connectivity index (χ2v) is 14.1. The summed E-state index contributed by atoms with van der Waals surface area (Å²) in [6.45, 7) is 13.7. The number of ether oxygens (including phenoxy) is 2. The third-order valence-corrected chi connectivity index (χ3v) is 10.4. The van der Waals surface area contributed by atoms with Crippen molar-refractivity contribution in [2.24, 2.45) is 0 Å². The molecule has 0 radical (unpaired) electrons. The minimum absolute atomic E-state index is 0.0650. The van der Waals surface area contributed by atoms with Crippen LogP contribution in [0.4, 0.5) is 0 Å². The van der Waals surface area contributed by atoms with Crippen molar-refractivity contribution in [1.29, 1.82) is 0 Å². The van der Waals surface area contributed by atoms with Crippen LogP contribution in [0.25, 0.3) is 0 Å². The van der Waals surface area contributed by atoms with E-state index in [0.29, 0.717) is 19.6 Å². The highest BCUT2D eigenvalue weighted by Crippen LogP contribution is 2.29. The number of carbonyl (C=O) groups excluding carboxylic acids is 2. The first-order chi connectivity index (χ1) is 22.5. The number of Topliss-reactive ketones (excluding diaryl/α,β-unsaturated/α-hetero) is 2. The lowest BCUT2D eigenvalue weighted by atomic mass is 9.80. The summed E-state index contributed by atoms with van der Waals surface area (Å²) < 4.78 is 11.2. The highest BCUT2D eigenvalue weighted by Gasteiger charge is 2.40. The molecule has 0 bridgehead atoms. The van der Waals surface area contributed by atoms with Gasteiger partial charge in [-0.25, -0.2) is 0 Å². The van der Waals surface area contributed by atoms with Gasteiger partial charge in [-0.15, -0.1) is 11.8 Å². The molecule has 7 nitrogen and oxygen atoms in total. The molecule has 1 N–H and O–H groups in total. The lowest BCUT2D eigenvalue weighted by molar-refractivity contribution is -0.00430. The monoisotopic (exact) mass is 659 g/mol. The third-order valence-electron chi connectivity index (χ3n) is 9.66. The van der Waals surface area contributed by atoms with Crippen LogP contribution in [0.1, 0.15) is 70.7 Å². The van der Waals surface area contributed by atoms with Gasteiger partial charge in [0.1, 0.15) is 0 Å². The zero-order valence-electron chi connectivity index (χ0n) is 29.3. The predicted molar refractivity (Wildman–Crippen MR) is 193 cm³/mol. The summed E-state index contributed by atoms with van der Waals surface area (Å²) in [5.41, 5.74) is 4.06. The van der Waals surface area contributed by atoms with E-state index < -0.39 is 11.1 Å². The molecule has 5 rings (SSSR count). The molecule has 8 heteroatoms. The van der Waals surface area contributed by atoms with Gasteiger partial charge in [-0.2, -0.15) is 0 Å². The van der Waals surface area contributed by atoms with E-state index in [4.69, 9.17) is 9.47 Å². The van der Waals surface area contributed by atoms with Crippen molar-refractivity contribution in [3.63, 3.8) is 0 Å². The minimum atomic E-state index is -0.556. The Morgan fingerprint density at radius 2 is 1.49 bits per heavy atom. The van der Waals surface area contributed by atoms with E-state index in [-0.39, 0.29) is 17.7 Å². The van der Waals surface area contributed by atoms with Crippen molar-refractivity contribution in [1.82, 2.24) is 15.1 Å². The van der Waals surface area contributed by atoms with Crippen molar-refractivity contribution in [2.45, 2.75) is 62.6 Å². The number of nitrogens with zero attached hydrogens (tertiary/aromatic N) is 2. The summed E-state index contributed by atoms with van der Waals surface area (Å²) in [6.07, 6.45) is 3.56. The molecule has 0 spiro atoms. The maximum atomic E-state index is 13.6. The lowest BCUT2D eigenvalue weighted by Crippen LogP contribution is -2.54. The van der Waals surface area contributed by atoms with E-state index in [1.807, 2.05) is 82.7 Å². The Morgan fingerprint density at radius 3 is 2.02 bits per heavy atom. The Hall–Kier alpha value is -2.85. The van der Waals surface area contributed by atoms with Crippen LogP contribution >= 0.6 is 11.8 Å². The summed E-state index contributed by atoms with van der Waals surface area (Å²) in [5.74, 6) is 0.358.